The second-order valence-corrected chi connectivity index (χ2v) is 7.95. The van der Waals surface area contributed by atoms with Crippen LogP contribution in [0.2, 0.25) is 5.02 Å². The first kappa shape index (κ1) is 22.0. The van der Waals surface area contributed by atoms with Crippen LogP contribution in [0.3, 0.4) is 0 Å². The number of halogens is 1. The number of nitrogens with zero attached hydrogens (tertiary/aromatic N) is 3. The van der Waals surface area contributed by atoms with E-state index >= 15 is 0 Å². The molecule has 5 aromatic rings. The number of amides is 1. The van der Waals surface area contributed by atoms with Crippen LogP contribution in [-0.2, 0) is 0 Å². The molecule has 0 unspecified atom stereocenters. The predicted molar refractivity (Wildman–Crippen MR) is 137 cm³/mol. The number of benzene rings is 2. The zero-order valence-electron chi connectivity index (χ0n) is 18.2. The van der Waals surface area contributed by atoms with Crippen LogP contribution >= 0.6 is 11.6 Å². The van der Waals surface area contributed by atoms with Gasteiger partial charge in [-0.15, -0.1) is 0 Å². The molecule has 0 aliphatic carbocycles. The van der Waals surface area contributed by atoms with Gasteiger partial charge in [0.2, 0.25) is 0 Å². The third-order valence-corrected chi connectivity index (χ3v) is 5.69. The van der Waals surface area contributed by atoms with E-state index in [9.17, 15) is 4.79 Å². The first-order valence-corrected chi connectivity index (χ1v) is 10.9. The number of carbonyl (C=O) groups excluding carboxylic acids is 1. The Bertz CT molecular complexity index is 1620. The number of hydrogen-bond donors (Lipinski definition) is 6. The highest BCUT2D eigenvalue weighted by molar-refractivity contribution is 6.38. The average Bonchev–Trinajstić information content (AvgIpc) is 3.47. The number of allylic oxidation sites excluding steroid dienone is 1. The summed E-state index contributed by atoms with van der Waals surface area (Å²) in [6, 6.07) is 13.2. The molecule has 3 aromatic heterocycles. The summed E-state index contributed by atoms with van der Waals surface area (Å²) in [5, 5.41) is 14.9. The van der Waals surface area contributed by atoms with Crippen molar-refractivity contribution in [2.45, 2.75) is 0 Å². The second kappa shape index (κ2) is 9.20. The average molecular weight is 486 g/mol. The van der Waals surface area contributed by atoms with Gasteiger partial charge in [0.05, 0.1) is 22.4 Å². The smallest absolute Gasteiger partial charge is 0.273 e. The molecule has 1 amide bonds. The first-order chi connectivity index (χ1) is 17.1. The van der Waals surface area contributed by atoms with Gasteiger partial charge in [-0.05, 0) is 42.6 Å². The van der Waals surface area contributed by atoms with Gasteiger partial charge in [0.25, 0.3) is 5.91 Å². The second-order valence-electron chi connectivity index (χ2n) is 7.57. The van der Waals surface area contributed by atoms with Crippen LogP contribution in [-0.4, -0.2) is 31.1 Å². The molecule has 0 radical (unpaired) electrons. The largest absolute Gasteiger partial charge is 0.405 e. The third-order valence-electron chi connectivity index (χ3n) is 5.30. The summed E-state index contributed by atoms with van der Waals surface area (Å²) in [5.41, 5.74) is 14.7. The molecule has 0 bridgehead atoms. The molecule has 0 atom stereocenters. The maximum Gasteiger partial charge on any atom is 0.273 e. The quantitative estimate of drug-likeness (QED) is 0.198. The topological polar surface area (TPSA) is 163 Å². The van der Waals surface area contributed by atoms with Crippen LogP contribution in [0.1, 0.15) is 10.5 Å². The number of anilines is 2. The zero-order chi connectivity index (χ0) is 24.4. The number of aromatic amines is 2. The van der Waals surface area contributed by atoms with E-state index in [0.717, 1.165) is 22.2 Å². The fourth-order valence-electron chi connectivity index (χ4n) is 3.63. The van der Waals surface area contributed by atoms with Crippen molar-refractivity contribution in [3.63, 3.8) is 0 Å². The van der Waals surface area contributed by atoms with Crippen molar-refractivity contribution in [2.24, 2.45) is 11.5 Å². The van der Waals surface area contributed by atoms with Gasteiger partial charge in [-0.1, -0.05) is 23.7 Å². The lowest BCUT2D eigenvalue weighted by atomic mass is 10.1. The van der Waals surface area contributed by atoms with E-state index in [4.69, 9.17) is 23.1 Å². The molecule has 35 heavy (non-hydrogen) atoms. The van der Waals surface area contributed by atoms with Crippen molar-refractivity contribution in [1.29, 1.82) is 0 Å². The van der Waals surface area contributed by atoms with E-state index < -0.39 is 5.91 Å². The summed E-state index contributed by atoms with van der Waals surface area (Å²) in [7, 11) is 0. The molecular weight excluding hydrogens is 466 g/mol. The van der Waals surface area contributed by atoms with Crippen molar-refractivity contribution in [1.82, 2.24) is 30.5 Å². The fraction of sp³-hybridized carbons (Fsp3) is 0. The molecule has 5 rings (SSSR count). The Hall–Kier alpha value is -4.83. The Morgan fingerprint density at radius 3 is 2.80 bits per heavy atom. The van der Waals surface area contributed by atoms with Crippen molar-refractivity contribution >= 4 is 50.8 Å². The van der Waals surface area contributed by atoms with Gasteiger partial charge in [-0.25, -0.2) is 9.97 Å². The molecule has 0 aliphatic heterocycles. The molecule has 8 N–H and O–H groups in total. The van der Waals surface area contributed by atoms with Gasteiger partial charge in [0.15, 0.2) is 5.82 Å². The minimum absolute atomic E-state index is 0.203. The number of rotatable bonds is 6. The van der Waals surface area contributed by atoms with Gasteiger partial charge in [0.1, 0.15) is 11.5 Å². The third kappa shape index (κ3) is 4.37. The predicted octanol–water partition coefficient (Wildman–Crippen LogP) is 3.90. The molecule has 0 spiro atoms. The van der Waals surface area contributed by atoms with E-state index in [-0.39, 0.29) is 5.69 Å². The molecule has 11 heteroatoms. The van der Waals surface area contributed by atoms with E-state index in [1.165, 1.54) is 18.5 Å². The lowest BCUT2D eigenvalue weighted by Crippen LogP contribution is -2.23. The van der Waals surface area contributed by atoms with Crippen molar-refractivity contribution in [3.8, 4) is 11.4 Å². The van der Waals surface area contributed by atoms with Crippen LogP contribution in [0.25, 0.3) is 33.2 Å². The Kier molecular flexibility index (Phi) is 5.78. The van der Waals surface area contributed by atoms with Gasteiger partial charge >= 0.3 is 0 Å². The van der Waals surface area contributed by atoms with Crippen molar-refractivity contribution in [3.05, 3.63) is 89.7 Å². The van der Waals surface area contributed by atoms with Crippen LogP contribution < -0.4 is 22.1 Å². The SMILES string of the molecule is N/C=C\C(=C/N)NC(=O)c1[nH]c2cc(-c3nccc(Nc4ccc5[nH]ncc5c4)n3)ccc2c1Cl. The Labute approximate surface area is 204 Å². The van der Waals surface area contributed by atoms with Gasteiger partial charge in [-0.3, -0.25) is 9.89 Å². The Morgan fingerprint density at radius 2 is 1.97 bits per heavy atom. The molecule has 2 aromatic carbocycles. The van der Waals surface area contributed by atoms with Crippen LogP contribution in [0, 0.1) is 0 Å². The fourth-order valence-corrected chi connectivity index (χ4v) is 3.93. The molecule has 0 saturated heterocycles. The number of H-pyrrole nitrogens is 2. The van der Waals surface area contributed by atoms with E-state index in [2.05, 4.69) is 35.8 Å². The van der Waals surface area contributed by atoms with Gasteiger partial charge in [0, 0.05) is 39.9 Å². The number of carbonyl (C=O) groups is 1. The Morgan fingerprint density at radius 1 is 1.09 bits per heavy atom. The van der Waals surface area contributed by atoms with Crippen LogP contribution in [0.5, 0.6) is 0 Å². The van der Waals surface area contributed by atoms with Gasteiger partial charge in [-0.2, -0.15) is 5.10 Å². The maximum atomic E-state index is 12.7. The summed E-state index contributed by atoms with van der Waals surface area (Å²) in [6.45, 7) is 0. The number of nitrogens with one attached hydrogen (secondary N) is 4. The summed E-state index contributed by atoms with van der Waals surface area (Å²) in [6.07, 6.45) is 7.42. The van der Waals surface area contributed by atoms with E-state index in [1.807, 2.05) is 36.4 Å². The van der Waals surface area contributed by atoms with E-state index in [1.54, 1.807) is 18.5 Å². The number of aromatic nitrogens is 5. The highest BCUT2D eigenvalue weighted by Gasteiger charge is 2.18. The Balaban J connectivity index is 1.42. The highest BCUT2D eigenvalue weighted by Crippen LogP contribution is 2.31. The molecular formula is C24H20ClN9O. The summed E-state index contributed by atoms with van der Waals surface area (Å²) < 4.78 is 0. The normalized spacial score (nSPS) is 12.0. The number of hydrogen-bond acceptors (Lipinski definition) is 7. The summed E-state index contributed by atoms with van der Waals surface area (Å²) in [5.74, 6) is 0.704. The van der Waals surface area contributed by atoms with Gasteiger partial charge < -0.3 is 27.1 Å². The molecule has 0 aliphatic rings. The van der Waals surface area contributed by atoms with E-state index in [0.29, 0.717) is 33.3 Å². The zero-order valence-corrected chi connectivity index (χ0v) is 19.0. The van der Waals surface area contributed by atoms with Crippen molar-refractivity contribution < 1.29 is 4.79 Å². The number of nitrogens with two attached hydrogens (primary N) is 2. The first-order valence-electron chi connectivity index (χ1n) is 10.5. The lowest BCUT2D eigenvalue weighted by molar-refractivity contribution is 0.0963. The number of fused-ring (bicyclic) bond motifs is 2. The molecule has 3 heterocycles. The van der Waals surface area contributed by atoms with Crippen LogP contribution in [0.15, 0.2) is 79.0 Å². The summed E-state index contributed by atoms with van der Waals surface area (Å²) in [4.78, 5) is 24.8. The maximum absolute atomic E-state index is 12.7. The standard InChI is InChI=1S/C24H20ClN9O/c25-21-17-3-1-13(10-19(17)32-22(21)24(35)31-16(11-27)5-7-26)23-28-8-6-20(33-23)30-15-2-4-18-14(9-15)12-29-34-18/h1-12,32H,26-27H2,(H,29,34)(H,31,35)(H,28,30,33)/b7-5-,16-11+. The minimum atomic E-state index is -0.445. The van der Waals surface area contributed by atoms with Crippen LogP contribution in [0.4, 0.5) is 11.5 Å². The molecule has 0 fully saturated rings. The molecule has 10 nitrogen and oxygen atoms in total. The van der Waals surface area contributed by atoms with Crippen molar-refractivity contribution in [2.75, 3.05) is 5.32 Å². The summed E-state index contributed by atoms with van der Waals surface area (Å²) >= 11 is 6.47. The highest BCUT2D eigenvalue weighted by atomic mass is 35.5. The molecule has 174 valence electrons. The molecule has 0 saturated carbocycles. The monoisotopic (exact) mass is 485 g/mol. The minimum Gasteiger partial charge on any atom is -0.405 e. The lowest BCUT2D eigenvalue weighted by Gasteiger charge is -2.07.